The first-order valence-electron chi connectivity index (χ1n) is 8.60. The smallest absolute Gasteiger partial charge is 0.243 e. The topological polar surface area (TPSA) is 66.5 Å². The van der Waals surface area contributed by atoms with Crippen LogP contribution in [0.15, 0.2) is 89.8 Å². The molecule has 0 aliphatic carbocycles. The largest absolute Gasteiger partial charge is 0.325 e. The van der Waals surface area contributed by atoms with Crippen LogP contribution in [0.4, 0.5) is 5.69 Å². The zero-order valence-corrected chi connectivity index (χ0v) is 16.5. The van der Waals surface area contributed by atoms with Crippen LogP contribution in [0.2, 0.25) is 5.02 Å². The molecule has 0 aliphatic heterocycles. The Kier molecular flexibility index (Phi) is 6.46. The van der Waals surface area contributed by atoms with Crippen molar-refractivity contribution in [2.45, 2.75) is 11.4 Å². The number of nitrogens with zero attached hydrogens (tertiary/aromatic N) is 1. The van der Waals surface area contributed by atoms with Gasteiger partial charge >= 0.3 is 0 Å². The number of hydrogen-bond acceptors (Lipinski definition) is 3. The van der Waals surface area contributed by atoms with Gasteiger partial charge in [-0.2, -0.15) is 4.31 Å². The van der Waals surface area contributed by atoms with Crippen molar-refractivity contribution in [1.29, 1.82) is 0 Å². The summed E-state index contributed by atoms with van der Waals surface area (Å²) in [4.78, 5) is 12.6. The van der Waals surface area contributed by atoms with Gasteiger partial charge in [0.2, 0.25) is 15.9 Å². The van der Waals surface area contributed by atoms with Crippen LogP contribution in [0, 0.1) is 0 Å². The molecule has 5 nitrogen and oxygen atoms in total. The molecule has 0 saturated heterocycles. The zero-order valence-electron chi connectivity index (χ0n) is 15.0. The quantitative estimate of drug-likeness (QED) is 0.631. The fraction of sp³-hybridized carbons (Fsp3) is 0.0952. The van der Waals surface area contributed by atoms with Crippen LogP contribution in [-0.2, 0) is 21.4 Å². The maximum Gasteiger partial charge on any atom is 0.243 e. The first-order chi connectivity index (χ1) is 13.4. The van der Waals surface area contributed by atoms with Crippen molar-refractivity contribution < 1.29 is 13.2 Å². The Labute approximate surface area is 169 Å². The van der Waals surface area contributed by atoms with E-state index in [2.05, 4.69) is 5.32 Å². The predicted molar refractivity (Wildman–Crippen MR) is 111 cm³/mol. The summed E-state index contributed by atoms with van der Waals surface area (Å²) < 4.78 is 27.5. The highest BCUT2D eigenvalue weighted by Crippen LogP contribution is 2.21. The minimum absolute atomic E-state index is 0.0449. The molecule has 1 N–H and O–H groups in total. The van der Waals surface area contributed by atoms with Crippen LogP contribution in [-0.4, -0.2) is 25.2 Å². The molecule has 0 atom stereocenters. The van der Waals surface area contributed by atoms with Gasteiger partial charge in [-0.05, 0) is 35.9 Å². The third-order valence-electron chi connectivity index (χ3n) is 4.01. The van der Waals surface area contributed by atoms with E-state index in [0.717, 1.165) is 9.87 Å². The molecular weight excluding hydrogens is 396 g/mol. The lowest BCUT2D eigenvalue weighted by molar-refractivity contribution is -0.116. The van der Waals surface area contributed by atoms with E-state index in [1.807, 2.05) is 36.4 Å². The average Bonchev–Trinajstić information content (AvgIpc) is 2.69. The molecule has 3 aromatic rings. The van der Waals surface area contributed by atoms with E-state index >= 15 is 0 Å². The summed E-state index contributed by atoms with van der Waals surface area (Å²) in [6, 6.07) is 24.0. The van der Waals surface area contributed by atoms with Crippen molar-refractivity contribution in [3.63, 3.8) is 0 Å². The molecule has 0 bridgehead atoms. The first-order valence-corrected chi connectivity index (χ1v) is 10.4. The molecule has 0 saturated carbocycles. The number of rotatable bonds is 7. The molecule has 1 amide bonds. The van der Waals surface area contributed by atoms with E-state index in [4.69, 9.17) is 11.6 Å². The van der Waals surface area contributed by atoms with Gasteiger partial charge < -0.3 is 5.32 Å². The van der Waals surface area contributed by atoms with Gasteiger partial charge in [0, 0.05) is 17.3 Å². The lowest BCUT2D eigenvalue weighted by atomic mass is 10.2. The lowest BCUT2D eigenvalue weighted by Crippen LogP contribution is -2.37. The summed E-state index contributed by atoms with van der Waals surface area (Å²) in [7, 11) is -3.92. The fourth-order valence-electron chi connectivity index (χ4n) is 2.67. The molecule has 0 fully saturated rings. The highest BCUT2D eigenvalue weighted by molar-refractivity contribution is 7.89. The summed E-state index contributed by atoms with van der Waals surface area (Å²) in [6.45, 7) is -0.253. The van der Waals surface area contributed by atoms with Gasteiger partial charge in [0.1, 0.15) is 0 Å². The summed E-state index contributed by atoms with van der Waals surface area (Å²) in [6.07, 6.45) is 0. The Morgan fingerprint density at radius 2 is 1.54 bits per heavy atom. The Bertz CT molecular complexity index is 1040. The summed E-state index contributed by atoms with van der Waals surface area (Å²) in [5.74, 6) is -0.423. The Hall–Kier alpha value is -2.67. The molecule has 3 rings (SSSR count). The summed E-state index contributed by atoms with van der Waals surface area (Å²) in [5, 5.41) is 3.04. The molecule has 3 aromatic carbocycles. The molecule has 0 unspecified atom stereocenters. The van der Waals surface area contributed by atoms with Crippen molar-refractivity contribution >= 4 is 33.2 Å². The number of nitrogens with one attached hydrogen (secondary N) is 1. The second-order valence-electron chi connectivity index (χ2n) is 6.13. The van der Waals surface area contributed by atoms with Gasteiger partial charge in [0.25, 0.3) is 0 Å². The van der Waals surface area contributed by atoms with E-state index < -0.39 is 15.9 Å². The van der Waals surface area contributed by atoms with Gasteiger partial charge in [-0.3, -0.25) is 4.79 Å². The zero-order chi connectivity index (χ0) is 20.0. The van der Waals surface area contributed by atoms with Gasteiger partial charge in [0.05, 0.1) is 11.4 Å². The Morgan fingerprint density at radius 3 is 2.18 bits per heavy atom. The normalized spacial score (nSPS) is 11.4. The minimum atomic E-state index is -3.92. The average molecular weight is 415 g/mol. The second kappa shape index (κ2) is 9.01. The number of carbonyl (C=O) groups excluding carboxylic acids is 1. The van der Waals surface area contributed by atoms with E-state index in [-0.39, 0.29) is 18.0 Å². The first kappa shape index (κ1) is 20.1. The third kappa shape index (κ3) is 5.19. The highest BCUT2D eigenvalue weighted by atomic mass is 35.5. The SMILES string of the molecule is O=C(CN(Cc1ccccc1)S(=O)(=O)c1cccc(Cl)c1)Nc1ccccc1. The van der Waals surface area contributed by atoms with Crippen LogP contribution in [0.1, 0.15) is 5.56 Å². The van der Waals surface area contributed by atoms with E-state index in [1.165, 1.54) is 12.1 Å². The molecule has 0 aliphatic rings. The van der Waals surface area contributed by atoms with Gasteiger partial charge in [-0.1, -0.05) is 66.2 Å². The number of benzene rings is 3. The third-order valence-corrected chi connectivity index (χ3v) is 6.04. The number of halogens is 1. The van der Waals surface area contributed by atoms with E-state index in [1.54, 1.807) is 36.4 Å². The van der Waals surface area contributed by atoms with E-state index in [9.17, 15) is 13.2 Å². The molecule has 28 heavy (non-hydrogen) atoms. The van der Waals surface area contributed by atoms with E-state index in [0.29, 0.717) is 10.7 Å². The van der Waals surface area contributed by atoms with Crippen molar-refractivity contribution in [2.75, 3.05) is 11.9 Å². The van der Waals surface area contributed by atoms with Crippen molar-refractivity contribution in [1.82, 2.24) is 4.31 Å². The van der Waals surface area contributed by atoms with Crippen LogP contribution in [0.5, 0.6) is 0 Å². The van der Waals surface area contributed by atoms with Crippen LogP contribution in [0.3, 0.4) is 0 Å². The monoisotopic (exact) mass is 414 g/mol. The number of hydrogen-bond donors (Lipinski definition) is 1. The van der Waals surface area contributed by atoms with Gasteiger partial charge in [-0.25, -0.2) is 8.42 Å². The van der Waals surface area contributed by atoms with Gasteiger partial charge in [0.15, 0.2) is 0 Å². The number of carbonyl (C=O) groups is 1. The Balaban J connectivity index is 1.87. The number of amides is 1. The molecule has 0 spiro atoms. The highest BCUT2D eigenvalue weighted by Gasteiger charge is 2.27. The lowest BCUT2D eigenvalue weighted by Gasteiger charge is -2.22. The fourth-order valence-corrected chi connectivity index (χ4v) is 4.36. The van der Waals surface area contributed by atoms with Crippen LogP contribution < -0.4 is 5.32 Å². The second-order valence-corrected chi connectivity index (χ2v) is 8.50. The maximum absolute atomic E-state index is 13.2. The molecule has 0 aromatic heterocycles. The maximum atomic E-state index is 13.2. The number of para-hydroxylation sites is 1. The molecule has 0 radical (unpaired) electrons. The van der Waals surface area contributed by atoms with Crippen molar-refractivity contribution in [2.24, 2.45) is 0 Å². The molecule has 7 heteroatoms. The summed E-state index contributed by atoms with van der Waals surface area (Å²) >= 11 is 5.97. The van der Waals surface area contributed by atoms with Crippen LogP contribution in [0.25, 0.3) is 0 Å². The standard InChI is InChI=1S/C21H19ClN2O3S/c22-18-10-7-13-20(14-18)28(26,27)24(15-17-8-3-1-4-9-17)16-21(25)23-19-11-5-2-6-12-19/h1-14H,15-16H2,(H,23,25). The van der Waals surface area contributed by atoms with Gasteiger partial charge in [-0.15, -0.1) is 0 Å². The molecular formula is C21H19ClN2O3S. The minimum Gasteiger partial charge on any atom is -0.325 e. The number of sulfonamides is 1. The van der Waals surface area contributed by atoms with Crippen LogP contribution >= 0.6 is 11.6 Å². The number of anilines is 1. The molecule has 0 heterocycles. The molecule has 144 valence electrons. The summed E-state index contributed by atoms with van der Waals surface area (Å²) in [5.41, 5.74) is 1.38. The van der Waals surface area contributed by atoms with Crippen molar-refractivity contribution in [3.05, 3.63) is 95.5 Å². The predicted octanol–water partition coefficient (Wildman–Crippen LogP) is 4.17. The van der Waals surface area contributed by atoms with Crippen molar-refractivity contribution in [3.8, 4) is 0 Å². The Morgan fingerprint density at radius 1 is 0.893 bits per heavy atom.